The molecule has 0 atom stereocenters. The molecule has 0 aliphatic carbocycles. The molecule has 0 bridgehead atoms. The van der Waals surface area contributed by atoms with Gasteiger partial charge in [0.1, 0.15) is 0 Å². The summed E-state index contributed by atoms with van der Waals surface area (Å²) in [4.78, 5) is 12.6. The number of benzene rings is 2. The van der Waals surface area contributed by atoms with E-state index in [4.69, 9.17) is 21.1 Å². The first-order chi connectivity index (χ1) is 14.8. The molecule has 2 aromatic carbocycles. The van der Waals surface area contributed by atoms with Crippen LogP contribution in [-0.2, 0) is 10.0 Å². The molecule has 0 unspecified atom stereocenters. The van der Waals surface area contributed by atoms with Crippen molar-refractivity contribution in [2.45, 2.75) is 18.2 Å². The fourth-order valence-corrected chi connectivity index (χ4v) is 5.50. The molecule has 166 valence electrons. The lowest BCUT2D eigenvalue weighted by Gasteiger charge is -2.36. The van der Waals surface area contributed by atoms with E-state index in [0.717, 1.165) is 17.3 Å². The van der Waals surface area contributed by atoms with Crippen molar-refractivity contribution in [2.75, 3.05) is 44.3 Å². The van der Waals surface area contributed by atoms with Gasteiger partial charge >= 0.3 is 0 Å². The van der Waals surface area contributed by atoms with E-state index in [1.807, 2.05) is 25.1 Å². The van der Waals surface area contributed by atoms with E-state index < -0.39 is 20.6 Å². The zero-order chi connectivity index (χ0) is 22.2. The molecule has 11 heteroatoms. The Morgan fingerprint density at radius 3 is 2.32 bits per heavy atom. The van der Waals surface area contributed by atoms with E-state index >= 15 is 0 Å². The molecular weight excluding hydrogens is 446 g/mol. The molecular formula is C20H22ClN3O6S. The Morgan fingerprint density at radius 2 is 1.68 bits per heavy atom. The second-order valence-corrected chi connectivity index (χ2v) is 9.74. The Labute approximate surface area is 185 Å². The fraction of sp³-hybridized carbons (Fsp3) is 0.400. The number of fused-ring (bicyclic) bond motifs is 1. The maximum absolute atomic E-state index is 13.3. The second-order valence-electron chi connectivity index (χ2n) is 7.40. The normalized spacial score (nSPS) is 17.3. The van der Waals surface area contributed by atoms with Crippen LogP contribution in [0.3, 0.4) is 0 Å². The fourth-order valence-electron chi connectivity index (χ4n) is 3.76. The Hall–Kier alpha value is -2.56. The van der Waals surface area contributed by atoms with Gasteiger partial charge in [0.15, 0.2) is 16.4 Å². The molecule has 4 rings (SSSR count). The van der Waals surface area contributed by atoms with Crippen LogP contribution in [0.25, 0.3) is 0 Å². The first-order valence-electron chi connectivity index (χ1n) is 9.86. The Balaban J connectivity index is 1.61. The van der Waals surface area contributed by atoms with Crippen LogP contribution in [0.15, 0.2) is 35.2 Å². The van der Waals surface area contributed by atoms with Crippen molar-refractivity contribution in [1.29, 1.82) is 0 Å². The molecule has 0 amide bonds. The van der Waals surface area contributed by atoms with Gasteiger partial charge in [-0.25, -0.2) is 8.42 Å². The van der Waals surface area contributed by atoms with Crippen molar-refractivity contribution in [2.24, 2.45) is 0 Å². The summed E-state index contributed by atoms with van der Waals surface area (Å²) in [7, 11) is -4.10. The number of rotatable bonds is 4. The third-order valence-electron chi connectivity index (χ3n) is 5.39. The van der Waals surface area contributed by atoms with Gasteiger partial charge in [-0.3, -0.25) is 10.1 Å². The van der Waals surface area contributed by atoms with Gasteiger partial charge in [0.05, 0.1) is 24.2 Å². The minimum atomic E-state index is -4.10. The molecule has 0 saturated carbocycles. The molecule has 0 N–H and O–H groups in total. The molecule has 9 nitrogen and oxygen atoms in total. The number of nitro groups is 1. The predicted molar refractivity (Wildman–Crippen MR) is 116 cm³/mol. The maximum atomic E-state index is 13.3. The standard InChI is InChI=1S/C20H22ClN3O6S/c1-14-3-4-15(21)11-16(14)22-5-7-23(8-6-22)31(27,28)20-13-19-18(12-17(20)24(25)26)29-9-2-10-30-19/h3-4,11-13H,2,5-10H2,1H3. The molecule has 2 aliphatic rings. The monoisotopic (exact) mass is 467 g/mol. The minimum absolute atomic E-state index is 0.185. The molecule has 2 aliphatic heterocycles. The Morgan fingerprint density at radius 1 is 1.03 bits per heavy atom. The molecule has 31 heavy (non-hydrogen) atoms. The molecule has 1 fully saturated rings. The van der Waals surface area contributed by atoms with Crippen LogP contribution in [-0.4, -0.2) is 57.0 Å². The quantitative estimate of drug-likeness (QED) is 0.502. The summed E-state index contributed by atoms with van der Waals surface area (Å²) < 4.78 is 39.0. The SMILES string of the molecule is Cc1ccc(Cl)cc1N1CCN(S(=O)(=O)c2cc3c(cc2[N+](=O)[O-])OCCCO3)CC1. The topological polar surface area (TPSA) is 102 Å². The number of halogens is 1. The van der Waals surface area contributed by atoms with Crippen LogP contribution in [0, 0.1) is 17.0 Å². The van der Waals surface area contributed by atoms with Crippen molar-refractivity contribution in [3.05, 3.63) is 51.0 Å². The van der Waals surface area contributed by atoms with Crippen LogP contribution in [0.5, 0.6) is 11.5 Å². The number of sulfonamides is 1. The van der Waals surface area contributed by atoms with Crippen LogP contribution >= 0.6 is 11.6 Å². The molecule has 2 aromatic rings. The van der Waals surface area contributed by atoms with Gasteiger partial charge in [0.2, 0.25) is 10.0 Å². The van der Waals surface area contributed by atoms with Gasteiger partial charge in [-0.05, 0) is 24.6 Å². The van der Waals surface area contributed by atoms with E-state index in [1.165, 1.54) is 10.4 Å². The summed E-state index contributed by atoms with van der Waals surface area (Å²) >= 11 is 6.12. The number of aryl methyl sites for hydroxylation is 1. The van der Waals surface area contributed by atoms with Crippen LogP contribution in [0.4, 0.5) is 11.4 Å². The van der Waals surface area contributed by atoms with Crippen molar-refractivity contribution in [1.82, 2.24) is 4.31 Å². The molecule has 0 radical (unpaired) electrons. The van der Waals surface area contributed by atoms with Crippen molar-refractivity contribution < 1.29 is 22.8 Å². The Kier molecular flexibility index (Phi) is 5.96. The summed E-state index contributed by atoms with van der Waals surface area (Å²) in [6, 6.07) is 7.93. The van der Waals surface area contributed by atoms with Gasteiger partial charge in [-0.2, -0.15) is 4.31 Å². The smallest absolute Gasteiger partial charge is 0.293 e. The number of ether oxygens (including phenoxy) is 2. The summed E-state index contributed by atoms with van der Waals surface area (Å²) in [5, 5.41) is 12.2. The average Bonchev–Trinajstić information content (AvgIpc) is 2.99. The zero-order valence-corrected chi connectivity index (χ0v) is 18.5. The van der Waals surface area contributed by atoms with E-state index in [-0.39, 0.29) is 29.5 Å². The predicted octanol–water partition coefficient (Wildman–Crippen LogP) is 3.23. The summed E-state index contributed by atoms with van der Waals surface area (Å²) in [5.74, 6) is 0.388. The van der Waals surface area contributed by atoms with Gasteiger partial charge in [-0.15, -0.1) is 0 Å². The largest absolute Gasteiger partial charge is 0.490 e. The highest BCUT2D eigenvalue weighted by atomic mass is 35.5. The lowest BCUT2D eigenvalue weighted by Crippen LogP contribution is -2.49. The highest BCUT2D eigenvalue weighted by Gasteiger charge is 2.36. The van der Waals surface area contributed by atoms with Gasteiger partial charge in [-0.1, -0.05) is 17.7 Å². The van der Waals surface area contributed by atoms with Gasteiger partial charge in [0.25, 0.3) is 5.69 Å². The second kappa shape index (κ2) is 8.52. The van der Waals surface area contributed by atoms with Gasteiger partial charge < -0.3 is 14.4 Å². The van der Waals surface area contributed by atoms with E-state index in [1.54, 1.807) is 0 Å². The number of anilines is 1. The van der Waals surface area contributed by atoms with Crippen LogP contribution < -0.4 is 14.4 Å². The number of nitrogens with zero attached hydrogens (tertiary/aromatic N) is 3. The zero-order valence-electron chi connectivity index (χ0n) is 16.9. The molecule has 1 saturated heterocycles. The molecule has 0 aromatic heterocycles. The lowest BCUT2D eigenvalue weighted by atomic mass is 10.1. The minimum Gasteiger partial charge on any atom is -0.490 e. The lowest BCUT2D eigenvalue weighted by molar-refractivity contribution is -0.388. The number of hydrogen-bond acceptors (Lipinski definition) is 7. The summed E-state index contributed by atoms with van der Waals surface area (Å²) in [6.45, 7) is 3.94. The van der Waals surface area contributed by atoms with Crippen molar-refractivity contribution >= 4 is 33.0 Å². The van der Waals surface area contributed by atoms with E-state index in [9.17, 15) is 18.5 Å². The van der Waals surface area contributed by atoms with E-state index in [2.05, 4.69) is 4.90 Å². The molecule has 2 heterocycles. The summed E-state index contributed by atoms with van der Waals surface area (Å²) in [5.41, 5.74) is 1.47. The van der Waals surface area contributed by atoms with Crippen molar-refractivity contribution in [3.63, 3.8) is 0 Å². The number of piperazine rings is 1. The van der Waals surface area contributed by atoms with Crippen molar-refractivity contribution in [3.8, 4) is 11.5 Å². The first kappa shape index (κ1) is 21.7. The first-order valence-corrected chi connectivity index (χ1v) is 11.7. The number of nitro benzene ring substituents is 1. The van der Waals surface area contributed by atoms with Gasteiger partial charge in [0, 0.05) is 49.4 Å². The average molecular weight is 468 g/mol. The molecule has 0 spiro atoms. The summed E-state index contributed by atoms with van der Waals surface area (Å²) in [6.07, 6.45) is 0.607. The highest BCUT2D eigenvalue weighted by Crippen LogP contribution is 2.39. The third kappa shape index (κ3) is 4.28. The third-order valence-corrected chi connectivity index (χ3v) is 7.56. The van der Waals surface area contributed by atoms with Crippen LogP contribution in [0.2, 0.25) is 5.02 Å². The maximum Gasteiger partial charge on any atom is 0.293 e. The number of hydrogen-bond donors (Lipinski definition) is 0. The Bertz CT molecular complexity index is 1120. The highest BCUT2D eigenvalue weighted by molar-refractivity contribution is 7.89. The van der Waals surface area contributed by atoms with E-state index in [0.29, 0.717) is 37.7 Å². The van der Waals surface area contributed by atoms with Crippen LogP contribution in [0.1, 0.15) is 12.0 Å².